The van der Waals surface area contributed by atoms with E-state index in [9.17, 15) is 4.79 Å². The van der Waals surface area contributed by atoms with Gasteiger partial charge in [-0.25, -0.2) is 4.98 Å². The van der Waals surface area contributed by atoms with Gasteiger partial charge in [-0.3, -0.25) is 4.79 Å². The number of ether oxygens (including phenoxy) is 3. The molecule has 144 valence electrons. The molecule has 3 aromatic rings. The summed E-state index contributed by atoms with van der Waals surface area (Å²) in [5.74, 6) is 1.70. The van der Waals surface area contributed by atoms with Gasteiger partial charge in [0.25, 0.3) is 5.91 Å². The van der Waals surface area contributed by atoms with Crippen molar-refractivity contribution >= 4 is 23.0 Å². The maximum atomic E-state index is 12.4. The Balaban J connectivity index is 1.70. The molecule has 0 fully saturated rings. The van der Waals surface area contributed by atoms with Crippen LogP contribution in [0.4, 0.5) is 17.1 Å². The van der Waals surface area contributed by atoms with Gasteiger partial charge in [-0.15, -0.1) is 0 Å². The SMILES string of the molecule is COc1cccc(NC(=O)c2ccc(Nc3ccc(OC)cc3OC)cn2)c1. The van der Waals surface area contributed by atoms with Crippen LogP contribution in [0.1, 0.15) is 10.5 Å². The van der Waals surface area contributed by atoms with Crippen LogP contribution in [-0.4, -0.2) is 32.2 Å². The minimum Gasteiger partial charge on any atom is -0.497 e. The number of carbonyl (C=O) groups excluding carboxylic acids is 1. The number of amides is 1. The highest BCUT2D eigenvalue weighted by Crippen LogP contribution is 2.31. The average Bonchev–Trinajstić information content (AvgIpc) is 2.74. The van der Waals surface area contributed by atoms with Crippen LogP contribution in [0.2, 0.25) is 0 Å². The Kier molecular flexibility index (Phi) is 5.96. The Labute approximate surface area is 163 Å². The maximum Gasteiger partial charge on any atom is 0.274 e. The second-order valence-electron chi connectivity index (χ2n) is 5.81. The summed E-state index contributed by atoms with van der Waals surface area (Å²) in [5.41, 5.74) is 2.42. The van der Waals surface area contributed by atoms with Crippen LogP contribution < -0.4 is 24.8 Å². The van der Waals surface area contributed by atoms with E-state index in [0.717, 1.165) is 11.4 Å². The van der Waals surface area contributed by atoms with E-state index in [2.05, 4.69) is 15.6 Å². The minimum absolute atomic E-state index is 0.301. The summed E-state index contributed by atoms with van der Waals surface area (Å²) in [6, 6.07) is 16.0. The number of hydrogen-bond acceptors (Lipinski definition) is 6. The fourth-order valence-corrected chi connectivity index (χ4v) is 2.56. The number of rotatable bonds is 7. The van der Waals surface area contributed by atoms with Crippen molar-refractivity contribution < 1.29 is 19.0 Å². The zero-order chi connectivity index (χ0) is 19.9. The van der Waals surface area contributed by atoms with Crippen LogP contribution in [0, 0.1) is 0 Å². The number of benzene rings is 2. The number of hydrogen-bond donors (Lipinski definition) is 2. The molecule has 0 unspecified atom stereocenters. The van der Waals surface area contributed by atoms with E-state index < -0.39 is 0 Å². The maximum absolute atomic E-state index is 12.4. The predicted molar refractivity (Wildman–Crippen MR) is 108 cm³/mol. The van der Waals surface area contributed by atoms with Crippen LogP contribution in [0.5, 0.6) is 17.2 Å². The van der Waals surface area contributed by atoms with E-state index in [0.29, 0.717) is 28.6 Å². The minimum atomic E-state index is -0.304. The standard InChI is InChI=1S/C21H21N3O4/c1-26-16-6-4-5-14(11-16)24-21(25)19-9-7-15(13-22-19)23-18-10-8-17(27-2)12-20(18)28-3/h4-13,23H,1-3H3,(H,24,25). The first kappa shape index (κ1) is 19.0. The van der Waals surface area contributed by atoms with E-state index in [1.165, 1.54) is 0 Å². The molecule has 0 bridgehead atoms. The molecule has 1 amide bonds. The van der Waals surface area contributed by atoms with E-state index in [4.69, 9.17) is 14.2 Å². The fourth-order valence-electron chi connectivity index (χ4n) is 2.56. The number of carbonyl (C=O) groups is 1. The van der Waals surface area contributed by atoms with Gasteiger partial charge in [0.2, 0.25) is 0 Å². The molecule has 0 aliphatic rings. The number of methoxy groups -OCH3 is 3. The predicted octanol–water partition coefficient (Wildman–Crippen LogP) is 4.10. The molecule has 7 nitrogen and oxygen atoms in total. The van der Waals surface area contributed by atoms with Crippen molar-refractivity contribution in [1.82, 2.24) is 4.98 Å². The zero-order valence-electron chi connectivity index (χ0n) is 15.9. The van der Waals surface area contributed by atoms with Gasteiger partial charge in [-0.2, -0.15) is 0 Å². The zero-order valence-corrected chi connectivity index (χ0v) is 15.9. The molecule has 3 rings (SSSR count). The molecule has 0 saturated carbocycles. The normalized spacial score (nSPS) is 10.1. The lowest BCUT2D eigenvalue weighted by Gasteiger charge is -2.12. The van der Waals surface area contributed by atoms with Crippen LogP contribution in [0.15, 0.2) is 60.8 Å². The molecule has 0 atom stereocenters. The van der Waals surface area contributed by atoms with Crippen molar-refractivity contribution in [2.75, 3.05) is 32.0 Å². The monoisotopic (exact) mass is 379 g/mol. The Bertz CT molecular complexity index is 958. The molecule has 28 heavy (non-hydrogen) atoms. The van der Waals surface area contributed by atoms with Crippen molar-refractivity contribution in [2.45, 2.75) is 0 Å². The molecule has 0 aliphatic carbocycles. The summed E-state index contributed by atoms with van der Waals surface area (Å²) in [6.07, 6.45) is 1.59. The van der Waals surface area contributed by atoms with E-state index >= 15 is 0 Å². The van der Waals surface area contributed by atoms with E-state index in [1.54, 1.807) is 63.9 Å². The summed E-state index contributed by atoms with van der Waals surface area (Å²) in [5, 5.41) is 6.01. The van der Waals surface area contributed by atoms with Crippen LogP contribution in [-0.2, 0) is 0 Å². The number of nitrogens with one attached hydrogen (secondary N) is 2. The lowest BCUT2D eigenvalue weighted by atomic mass is 10.2. The smallest absolute Gasteiger partial charge is 0.274 e. The first-order valence-electron chi connectivity index (χ1n) is 8.53. The molecule has 7 heteroatoms. The molecular formula is C21H21N3O4. The van der Waals surface area contributed by atoms with Crippen molar-refractivity contribution in [3.8, 4) is 17.2 Å². The molecule has 0 saturated heterocycles. The molecular weight excluding hydrogens is 358 g/mol. The van der Waals surface area contributed by atoms with E-state index in [1.807, 2.05) is 18.2 Å². The molecule has 0 spiro atoms. The Morgan fingerprint density at radius 2 is 1.64 bits per heavy atom. The summed E-state index contributed by atoms with van der Waals surface area (Å²) in [7, 11) is 4.76. The van der Waals surface area contributed by atoms with Crippen LogP contribution in [0.3, 0.4) is 0 Å². The fraction of sp³-hybridized carbons (Fsp3) is 0.143. The lowest BCUT2D eigenvalue weighted by molar-refractivity contribution is 0.102. The van der Waals surface area contributed by atoms with Crippen molar-refractivity contribution in [1.29, 1.82) is 0 Å². The van der Waals surface area contributed by atoms with E-state index in [-0.39, 0.29) is 5.91 Å². The molecule has 1 aromatic heterocycles. The van der Waals surface area contributed by atoms with Crippen LogP contribution >= 0.6 is 0 Å². The highest BCUT2D eigenvalue weighted by Gasteiger charge is 2.10. The number of pyridine rings is 1. The summed E-state index contributed by atoms with van der Waals surface area (Å²) in [6.45, 7) is 0. The van der Waals surface area contributed by atoms with Crippen LogP contribution in [0.25, 0.3) is 0 Å². The molecule has 2 aromatic carbocycles. The number of nitrogens with zero attached hydrogens (tertiary/aromatic N) is 1. The molecule has 1 heterocycles. The Morgan fingerprint density at radius 3 is 2.32 bits per heavy atom. The van der Waals surface area contributed by atoms with Gasteiger partial charge in [-0.1, -0.05) is 6.07 Å². The highest BCUT2D eigenvalue weighted by atomic mass is 16.5. The van der Waals surface area contributed by atoms with Gasteiger partial charge in [0, 0.05) is 17.8 Å². The van der Waals surface area contributed by atoms with Crippen molar-refractivity contribution in [2.24, 2.45) is 0 Å². The Morgan fingerprint density at radius 1 is 0.857 bits per heavy atom. The first-order chi connectivity index (χ1) is 13.6. The lowest BCUT2D eigenvalue weighted by Crippen LogP contribution is -2.13. The topological polar surface area (TPSA) is 81.7 Å². The molecule has 0 aliphatic heterocycles. The summed E-state index contributed by atoms with van der Waals surface area (Å²) >= 11 is 0. The molecule has 2 N–H and O–H groups in total. The van der Waals surface area contributed by atoms with Gasteiger partial charge in [0.15, 0.2) is 0 Å². The third-order valence-electron chi connectivity index (χ3n) is 4.01. The second-order valence-corrected chi connectivity index (χ2v) is 5.81. The van der Waals surface area contributed by atoms with Gasteiger partial charge < -0.3 is 24.8 Å². The third-order valence-corrected chi connectivity index (χ3v) is 4.01. The van der Waals surface area contributed by atoms with Crippen molar-refractivity contribution in [3.05, 3.63) is 66.5 Å². The largest absolute Gasteiger partial charge is 0.497 e. The summed E-state index contributed by atoms with van der Waals surface area (Å²) < 4.78 is 15.7. The number of aromatic nitrogens is 1. The second kappa shape index (κ2) is 8.77. The van der Waals surface area contributed by atoms with Gasteiger partial charge in [0.1, 0.15) is 22.9 Å². The molecule has 0 radical (unpaired) electrons. The van der Waals surface area contributed by atoms with Gasteiger partial charge in [0.05, 0.1) is 38.9 Å². The quantitative estimate of drug-likeness (QED) is 0.643. The Hall–Kier alpha value is -3.74. The average molecular weight is 379 g/mol. The first-order valence-corrected chi connectivity index (χ1v) is 8.53. The van der Waals surface area contributed by atoms with Gasteiger partial charge >= 0.3 is 0 Å². The summed E-state index contributed by atoms with van der Waals surface area (Å²) in [4.78, 5) is 16.6. The van der Waals surface area contributed by atoms with Crippen molar-refractivity contribution in [3.63, 3.8) is 0 Å². The third kappa shape index (κ3) is 4.50. The highest BCUT2D eigenvalue weighted by molar-refractivity contribution is 6.03. The van der Waals surface area contributed by atoms with Gasteiger partial charge in [-0.05, 0) is 36.4 Å². The number of anilines is 3.